The van der Waals surface area contributed by atoms with E-state index in [9.17, 15) is 9.59 Å². The van der Waals surface area contributed by atoms with Gasteiger partial charge in [-0.05, 0) is 42.0 Å². The van der Waals surface area contributed by atoms with Gasteiger partial charge in [0.25, 0.3) is 5.91 Å². The van der Waals surface area contributed by atoms with Gasteiger partial charge in [-0.1, -0.05) is 42.5 Å². The molecule has 28 heavy (non-hydrogen) atoms. The Balaban J connectivity index is 1.88. The summed E-state index contributed by atoms with van der Waals surface area (Å²) in [5.41, 5.74) is 1.59. The van der Waals surface area contributed by atoms with Gasteiger partial charge in [-0.2, -0.15) is 0 Å². The second-order valence-electron chi connectivity index (χ2n) is 6.18. The van der Waals surface area contributed by atoms with Crippen LogP contribution in [0.2, 0.25) is 0 Å². The topological polar surface area (TPSA) is 68.5 Å². The van der Waals surface area contributed by atoms with Crippen LogP contribution < -0.4 is 15.5 Å². The number of carbonyl (C=O) groups excluding carboxylic acids is 1. The van der Waals surface area contributed by atoms with E-state index < -0.39 is 0 Å². The molecule has 4 rings (SSSR count). The summed E-state index contributed by atoms with van der Waals surface area (Å²) in [4.78, 5) is 25.8. The molecule has 1 heterocycles. The summed E-state index contributed by atoms with van der Waals surface area (Å²) in [7, 11) is 1.57. The number of para-hydroxylation sites is 1. The molecule has 0 spiro atoms. The quantitative estimate of drug-likeness (QED) is 0.563. The first kappa shape index (κ1) is 17.5. The molecule has 0 atom stereocenters. The molecule has 1 N–H and O–H groups in total. The van der Waals surface area contributed by atoms with Crippen molar-refractivity contribution in [1.29, 1.82) is 0 Å². The highest BCUT2D eigenvalue weighted by Crippen LogP contribution is 2.30. The molecule has 0 saturated carbocycles. The third-order valence-corrected chi connectivity index (χ3v) is 4.44. The van der Waals surface area contributed by atoms with Crippen LogP contribution >= 0.6 is 0 Å². The van der Waals surface area contributed by atoms with Crippen molar-refractivity contribution in [3.63, 3.8) is 0 Å². The lowest BCUT2D eigenvalue weighted by molar-refractivity contribution is 0.102. The fourth-order valence-corrected chi connectivity index (χ4v) is 3.01. The Morgan fingerprint density at radius 2 is 1.57 bits per heavy atom. The molecule has 1 aromatic heterocycles. The van der Waals surface area contributed by atoms with Gasteiger partial charge in [0, 0.05) is 5.56 Å². The average Bonchev–Trinajstić information content (AvgIpc) is 2.75. The van der Waals surface area contributed by atoms with Gasteiger partial charge in [0.05, 0.1) is 18.1 Å². The second-order valence-corrected chi connectivity index (χ2v) is 6.18. The van der Waals surface area contributed by atoms with Crippen molar-refractivity contribution in [3.8, 4) is 16.9 Å². The summed E-state index contributed by atoms with van der Waals surface area (Å²) >= 11 is 0. The zero-order chi connectivity index (χ0) is 19.5. The van der Waals surface area contributed by atoms with E-state index in [1.165, 1.54) is 0 Å². The van der Waals surface area contributed by atoms with Gasteiger partial charge >= 0.3 is 0 Å². The molecule has 0 aliphatic rings. The maximum Gasteiger partial charge on any atom is 0.257 e. The predicted octanol–water partition coefficient (Wildman–Crippen LogP) is 4.72. The number of nitrogens with one attached hydrogen (secondary N) is 1. The van der Waals surface area contributed by atoms with Crippen LogP contribution in [0.3, 0.4) is 0 Å². The van der Waals surface area contributed by atoms with Crippen LogP contribution in [0.25, 0.3) is 22.1 Å². The summed E-state index contributed by atoms with van der Waals surface area (Å²) < 4.78 is 11.1. The van der Waals surface area contributed by atoms with E-state index in [4.69, 9.17) is 9.15 Å². The third-order valence-electron chi connectivity index (χ3n) is 4.44. The summed E-state index contributed by atoms with van der Waals surface area (Å²) in [5, 5.41) is 3.20. The van der Waals surface area contributed by atoms with Crippen LogP contribution in [0.15, 0.2) is 88.1 Å². The van der Waals surface area contributed by atoms with Crippen molar-refractivity contribution >= 4 is 22.8 Å². The lowest BCUT2D eigenvalue weighted by atomic mass is 10.0. The molecule has 0 fully saturated rings. The van der Waals surface area contributed by atoms with Crippen LogP contribution in [0.1, 0.15) is 10.4 Å². The molecule has 5 heteroatoms. The number of fused-ring (bicyclic) bond motifs is 1. The van der Waals surface area contributed by atoms with E-state index in [1.54, 1.807) is 79.9 Å². The SMILES string of the molecule is COc1ccc(-c2c(NC(=O)c3ccccc3)oc3ccccc3c2=O)cc1. The van der Waals surface area contributed by atoms with E-state index in [0.717, 1.165) is 0 Å². The molecular formula is C23H17NO4. The monoisotopic (exact) mass is 371 g/mol. The second kappa shape index (κ2) is 7.40. The minimum atomic E-state index is -0.353. The van der Waals surface area contributed by atoms with Crippen molar-refractivity contribution in [2.24, 2.45) is 0 Å². The first-order valence-electron chi connectivity index (χ1n) is 8.74. The Bertz CT molecular complexity index is 1190. The Labute approximate surface area is 161 Å². The molecule has 3 aromatic carbocycles. The van der Waals surface area contributed by atoms with Gasteiger partial charge < -0.3 is 9.15 Å². The molecule has 0 aliphatic carbocycles. The predicted molar refractivity (Wildman–Crippen MR) is 109 cm³/mol. The molecular weight excluding hydrogens is 354 g/mol. The summed E-state index contributed by atoms with van der Waals surface area (Å²) in [5.74, 6) is 0.431. The number of ether oxygens (including phenoxy) is 1. The van der Waals surface area contributed by atoms with Crippen LogP contribution in [-0.4, -0.2) is 13.0 Å². The third kappa shape index (κ3) is 3.25. The number of hydrogen-bond donors (Lipinski definition) is 1. The van der Waals surface area contributed by atoms with Gasteiger partial charge in [-0.15, -0.1) is 0 Å². The van der Waals surface area contributed by atoms with E-state index in [-0.39, 0.29) is 17.2 Å². The van der Waals surface area contributed by atoms with E-state index in [1.807, 2.05) is 6.07 Å². The molecule has 4 aromatic rings. The van der Waals surface area contributed by atoms with Crippen LogP contribution in [0.4, 0.5) is 5.88 Å². The van der Waals surface area contributed by atoms with Crippen molar-refractivity contribution < 1.29 is 13.9 Å². The Morgan fingerprint density at radius 3 is 2.29 bits per heavy atom. The standard InChI is InChI=1S/C23H17NO4/c1-27-17-13-11-15(12-14-17)20-21(25)18-9-5-6-10-19(18)28-23(20)24-22(26)16-7-3-2-4-8-16/h2-14H,1H3,(H,24,26). The number of amides is 1. The minimum Gasteiger partial charge on any atom is -0.497 e. The molecule has 0 radical (unpaired) electrons. The van der Waals surface area contributed by atoms with Gasteiger partial charge in [0.1, 0.15) is 11.3 Å². The maximum absolute atomic E-state index is 13.2. The zero-order valence-electron chi connectivity index (χ0n) is 15.1. The average molecular weight is 371 g/mol. The summed E-state index contributed by atoms with van der Waals surface area (Å²) in [6, 6.07) is 22.8. The largest absolute Gasteiger partial charge is 0.497 e. The highest BCUT2D eigenvalue weighted by Gasteiger charge is 2.19. The zero-order valence-corrected chi connectivity index (χ0v) is 15.1. The van der Waals surface area contributed by atoms with Crippen molar-refractivity contribution in [3.05, 3.63) is 94.6 Å². The number of anilines is 1. The number of benzene rings is 3. The molecule has 1 amide bonds. The molecule has 0 aliphatic heterocycles. The molecule has 5 nitrogen and oxygen atoms in total. The van der Waals surface area contributed by atoms with Crippen molar-refractivity contribution in [1.82, 2.24) is 0 Å². The first-order valence-corrected chi connectivity index (χ1v) is 8.74. The van der Waals surface area contributed by atoms with Crippen LogP contribution in [-0.2, 0) is 0 Å². The summed E-state index contributed by atoms with van der Waals surface area (Å²) in [6.45, 7) is 0. The Hall–Kier alpha value is -3.86. The number of hydrogen-bond acceptors (Lipinski definition) is 4. The fraction of sp³-hybridized carbons (Fsp3) is 0.0435. The van der Waals surface area contributed by atoms with Gasteiger partial charge in [0.2, 0.25) is 11.3 Å². The first-order chi connectivity index (χ1) is 13.7. The molecule has 0 saturated heterocycles. The van der Waals surface area contributed by atoms with E-state index in [2.05, 4.69) is 5.32 Å². The van der Waals surface area contributed by atoms with Crippen LogP contribution in [0, 0.1) is 0 Å². The van der Waals surface area contributed by atoms with Gasteiger partial charge in [0.15, 0.2) is 0 Å². The van der Waals surface area contributed by atoms with Crippen molar-refractivity contribution in [2.75, 3.05) is 12.4 Å². The minimum absolute atomic E-state index is 0.114. The Morgan fingerprint density at radius 1 is 0.893 bits per heavy atom. The molecule has 0 bridgehead atoms. The molecule has 0 unspecified atom stereocenters. The lowest BCUT2D eigenvalue weighted by Crippen LogP contribution is -2.16. The highest BCUT2D eigenvalue weighted by atomic mass is 16.5. The summed E-state index contributed by atoms with van der Waals surface area (Å²) in [6.07, 6.45) is 0. The molecule has 138 valence electrons. The smallest absolute Gasteiger partial charge is 0.257 e. The number of carbonyl (C=O) groups is 1. The maximum atomic E-state index is 13.2. The highest BCUT2D eigenvalue weighted by molar-refractivity contribution is 6.05. The fourth-order valence-electron chi connectivity index (χ4n) is 3.01. The van der Waals surface area contributed by atoms with Crippen LogP contribution in [0.5, 0.6) is 5.75 Å². The number of methoxy groups -OCH3 is 1. The number of rotatable bonds is 4. The Kier molecular flexibility index (Phi) is 4.64. The lowest BCUT2D eigenvalue weighted by Gasteiger charge is -2.12. The van der Waals surface area contributed by atoms with Gasteiger partial charge in [-0.25, -0.2) is 0 Å². The van der Waals surface area contributed by atoms with E-state index in [0.29, 0.717) is 33.4 Å². The van der Waals surface area contributed by atoms with Crippen molar-refractivity contribution in [2.45, 2.75) is 0 Å². The van der Waals surface area contributed by atoms with Gasteiger partial charge in [-0.3, -0.25) is 14.9 Å². The van der Waals surface area contributed by atoms with E-state index >= 15 is 0 Å². The normalized spacial score (nSPS) is 10.6.